The summed E-state index contributed by atoms with van der Waals surface area (Å²) in [6.45, 7) is 3.60. The van der Waals surface area contributed by atoms with Crippen LogP contribution in [0.1, 0.15) is 42.6 Å². The molecule has 1 atom stereocenters. The molecule has 0 bridgehead atoms. The first kappa shape index (κ1) is 14.2. The zero-order valence-corrected chi connectivity index (χ0v) is 10.7. The van der Waals surface area contributed by atoms with Gasteiger partial charge in [0.15, 0.2) is 5.78 Å². The van der Waals surface area contributed by atoms with Gasteiger partial charge in [0.1, 0.15) is 0 Å². The van der Waals surface area contributed by atoms with Gasteiger partial charge in [-0.2, -0.15) is 5.26 Å². The SMILES string of the molecule is CCC(CCO)Nc1cc(C#N)ccc1C(C)=O. The Hall–Kier alpha value is -1.86. The van der Waals surface area contributed by atoms with E-state index in [1.165, 1.54) is 6.92 Å². The molecule has 0 saturated heterocycles. The fraction of sp³-hybridized carbons (Fsp3) is 0.429. The highest BCUT2D eigenvalue weighted by Crippen LogP contribution is 2.20. The quantitative estimate of drug-likeness (QED) is 0.755. The predicted molar refractivity (Wildman–Crippen MR) is 70.6 cm³/mol. The summed E-state index contributed by atoms with van der Waals surface area (Å²) in [4.78, 5) is 11.5. The third-order valence-corrected chi connectivity index (χ3v) is 2.86. The van der Waals surface area contributed by atoms with Crippen LogP contribution in [-0.2, 0) is 0 Å². The number of carbonyl (C=O) groups excluding carboxylic acids is 1. The summed E-state index contributed by atoms with van der Waals surface area (Å²) in [7, 11) is 0. The summed E-state index contributed by atoms with van der Waals surface area (Å²) in [6, 6.07) is 7.13. The molecule has 2 N–H and O–H groups in total. The lowest BCUT2D eigenvalue weighted by Gasteiger charge is -2.19. The van der Waals surface area contributed by atoms with Gasteiger partial charge in [0.05, 0.1) is 11.6 Å². The van der Waals surface area contributed by atoms with Crippen LogP contribution in [0.3, 0.4) is 0 Å². The van der Waals surface area contributed by atoms with Crippen LogP contribution in [-0.4, -0.2) is 23.5 Å². The molecule has 1 rings (SSSR count). The Bertz CT molecular complexity index is 463. The van der Waals surface area contributed by atoms with Crippen LogP contribution in [0.25, 0.3) is 0 Å². The predicted octanol–water partition coefficient (Wildman–Crippen LogP) is 2.33. The number of rotatable bonds is 6. The number of anilines is 1. The van der Waals surface area contributed by atoms with Gasteiger partial charge in [-0.15, -0.1) is 0 Å². The minimum absolute atomic E-state index is 0.0409. The van der Waals surface area contributed by atoms with Gasteiger partial charge in [-0.3, -0.25) is 4.79 Å². The van der Waals surface area contributed by atoms with Crippen LogP contribution in [0.4, 0.5) is 5.69 Å². The van der Waals surface area contributed by atoms with Gasteiger partial charge in [-0.1, -0.05) is 6.92 Å². The van der Waals surface area contributed by atoms with Crippen LogP contribution in [0.15, 0.2) is 18.2 Å². The van der Waals surface area contributed by atoms with Crippen LogP contribution in [0, 0.1) is 11.3 Å². The summed E-state index contributed by atoms with van der Waals surface area (Å²) < 4.78 is 0. The molecule has 0 amide bonds. The van der Waals surface area contributed by atoms with Gasteiger partial charge in [-0.05, 0) is 38.0 Å². The van der Waals surface area contributed by atoms with Crippen LogP contribution in [0.5, 0.6) is 0 Å². The molecule has 4 nitrogen and oxygen atoms in total. The van der Waals surface area contributed by atoms with Gasteiger partial charge < -0.3 is 10.4 Å². The van der Waals surface area contributed by atoms with Gasteiger partial charge in [-0.25, -0.2) is 0 Å². The Morgan fingerprint density at radius 1 is 1.56 bits per heavy atom. The van der Waals surface area contributed by atoms with Gasteiger partial charge in [0.2, 0.25) is 0 Å². The largest absolute Gasteiger partial charge is 0.396 e. The molecular formula is C14H18N2O2. The van der Waals surface area contributed by atoms with Gasteiger partial charge in [0.25, 0.3) is 0 Å². The number of aliphatic hydroxyl groups is 1. The second-order valence-electron chi connectivity index (χ2n) is 4.19. The highest BCUT2D eigenvalue weighted by Gasteiger charge is 2.12. The summed E-state index contributed by atoms with van der Waals surface area (Å²) in [5.41, 5.74) is 1.76. The number of nitrogens with one attached hydrogen (secondary N) is 1. The summed E-state index contributed by atoms with van der Waals surface area (Å²) in [5.74, 6) is -0.0409. The van der Waals surface area contributed by atoms with E-state index >= 15 is 0 Å². The smallest absolute Gasteiger partial charge is 0.161 e. The number of ketones is 1. The van der Waals surface area contributed by atoms with E-state index in [9.17, 15) is 4.79 Å². The van der Waals surface area contributed by atoms with E-state index in [2.05, 4.69) is 11.4 Å². The summed E-state index contributed by atoms with van der Waals surface area (Å²) in [5, 5.41) is 21.1. The molecule has 1 aromatic rings. The number of carbonyl (C=O) groups is 1. The lowest BCUT2D eigenvalue weighted by molar-refractivity contribution is 0.101. The maximum absolute atomic E-state index is 11.5. The molecule has 0 aromatic heterocycles. The highest BCUT2D eigenvalue weighted by atomic mass is 16.3. The zero-order chi connectivity index (χ0) is 13.5. The Morgan fingerprint density at radius 2 is 2.28 bits per heavy atom. The second-order valence-corrected chi connectivity index (χ2v) is 4.19. The fourth-order valence-corrected chi connectivity index (χ4v) is 1.79. The van der Waals surface area contributed by atoms with E-state index in [1.807, 2.05) is 6.92 Å². The molecule has 4 heteroatoms. The topological polar surface area (TPSA) is 73.1 Å². The molecule has 0 spiro atoms. The average molecular weight is 246 g/mol. The first-order valence-electron chi connectivity index (χ1n) is 6.04. The summed E-state index contributed by atoms with van der Waals surface area (Å²) in [6.07, 6.45) is 1.46. The molecular weight excluding hydrogens is 228 g/mol. The Labute approximate surface area is 107 Å². The standard InChI is InChI=1S/C14H18N2O2/c1-3-12(6-7-17)16-14-8-11(9-15)4-5-13(14)10(2)18/h4-5,8,12,16-17H,3,6-7H2,1-2H3. The van der Waals surface area contributed by atoms with E-state index in [0.29, 0.717) is 23.2 Å². The number of Topliss-reactive ketones (excluding diaryl/α,β-unsaturated/α-hetero) is 1. The van der Waals surface area contributed by atoms with Crippen molar-refractivity contribution in [2.24, 2.45) is 0 Å². The molecule has 18 heavy (non-hydrogen) atoms. The fourth-order valence-electron chi connectivity index (χ4n) is 1.79. The van der Waals surface area contributed by atoms with Crippen LogP contribution >= 0.6 is 0 Å². The highest BCUT2D eigenvalue weighted by molar-refractivity contribution is 5.99. The monoisotopic (exact) mass is 246 g/mol. The normalized spacial score (nSPS) is 11.7. The minimum Gasteiger partial charge on any atom is -0.396 e. The molecule has 0 radical (unpaired) electrons. The molecule has 0 aliphatic carbocycles. The molecule has 0 heterocycles. The van der Waals surface area contributed by atoms with Crippen molar-refractivity contribution in [3.8, 4) is 6.07 Å². The number of benzene rings is 1. The lowest BCUT2D eigenvalue weighted by Crippen LogP contribution is -2.21. The first-order chi connectivity index (χ1) is 8.62. The number of hydrogen-bond acceptors (Lipinski definition) is 4. The van der Waals surface area contributed by atoms with E-state index < -0.39 is 0 Å². The molecule has 1 aromatic carbocycles. The third-order valence-electron chi connectivity index (χ3n) is 2.86. The Morgan fingerprint density at radius 3 is 2.78 bits per heavy atom. The van der Waals surface area contributed by atoms with Crippen molar-refractivity contribution >= 4 is 11.5 Å². The molecule has 0 aliphatic rings. The van der Waals surface area contributed by atoms with Crippen LogP contribution < -0.4 is 5.32 Å². The molecule has 1 unspecified atom stereocenters. The maximum Gasteiger partial charge on any atom is 0.161 e. The van der Waals surface area contributed by atoms with E-state index in [1.54, 1.807) is 18.2 Å². The molecule has 0 saturated carbocycles. The van der Waals surface area contributed by atoms with Crippen molar-refractivity contribution in [2.45, 2.75) is 32.7 Å². The zero-order valence-electron chi connectivity index (χ0n) is 10.7. The van der Waals surface area contributed by atoms with Crippen molar-refractivity contribution in [2.75, 3.05) is 11.9 Å². The van der Waals surface area contributed by atoms with Crippen molar-refractivity contribution in [3.05, 3.63) is 29.3 Å². The van der Waals surface area contributed by atoms with Crippen LogP contribution in [0.2, 0.25) is 0 Å². The van der Waals surface area contributed by atoms with E-state index in [0.717, 1.165) is 6.42 Å². The Kier molecular flexibility index (Phi) is 5.34. The average Bonchev–Trinajstić information content (AvgIpc) is 2.37. The number of aliphatic hydroxyl groups excluding tert-OH is 1. The van der Waals surface area contributed by atoms with Crippen molar-refractivity contribution < 1.29 is 9.90 Å². The third kappa shape index (κ3) is 3.57. The molecule has 0 aliphatic heterocycles. The number of nitriles is 1. The van der Waals surface area contributed by atoms with Crippen molar-refractivity contribution in [3.63, 3.8) is 0 Å². The lowest BCUT2D eigenvalue weighted by atomic mass is 10.0. The summed E-state index contributed by atoms with van der Waals surface area (Å²) >= 11 is 0. The first-order valence-corrected chi connectivity index (χ1v) is 6.04. The molecule has 0 fully saturated rings. The number of hydrogen-bond donors (Lipinski definition) is 2. The van der Waals surface area contributed by atoms with Crippen molar-refractivity contribution in [1.82, 2.24) is 0 Å². The van der Waals surface area contributed by atoms with Crippen molar-refractivity contribution in [1.29, 1.82) is 5.26 Å². The second kappa shape index (κ2) is 6.77. The Balaban J connectivity index is 3.04. The van der Waals surface area contributed by atoms with Gasteiger partial charge in [0, 0.05) is 23.9 Å². The van der Waals surface area contributed by atoms with E-state index in [-0.39, 0.29) is 18.4 Å². The number of nitrogens with zero attached hydrogens (tertiary/aromatic N) is 1. The van der Waals surface area contributed by atoms with E-state index in [4.69, 9.17) is 10.4 Å². The minimum atomic E-state index is -0.0409. The molecule has 96 valence electrons. The maximum atomic E-state index is 11.5. The van der Waals surface area contributed by atoms with Gasteiger partial charge >= 0.3 is 0 Å².